The summed E-state index contributed by atoms with van der Waals surface area (Å²) in [5.74, 6) is -0.561. The van der Waals surface area contributed by atoms with Crippen LogP contribution in [0.1, 0.15) is 36.7 Å². The zero-order valence-corrected chi connectivity index (χ0v) is 17.7. The van der Waals surface area contributed by atoms with Gasteiger partial charge < -0.3 is 14.4 Å². The van der Waals surface area contributed by atoms with E-state index in [1.807, 2.05) is 0 Å². The molecule has 0 aliphatic heterocycles. The Morgan fingerprint density at radius 1 is 0.966 bits per heavy atom. The number of carbonyl (C=O) groups is 3. The van der Waals surface area contributed by atoms with Gasteiger partial charge in [-0.3, -0.25) is 14.4 Å². The van der Waals surface area contributed by atoms with Crippen LogP contribution >= 0.6 is 11.6 Å². The minimum Gasteiger partial charge on any atom is -0.478 e. The van der Waals surface area contributed by atoms with Crippen LogP contribution in [0.4, 0.5) is 0 Å². The summed E-state index contributed by atoms with van der Waals surface area (Å²) < 4.78 is 10.7. The van der Waals surface area contributed by atoms with Crippen LogP contribution in [0, 0.1) is 0 Å². The number of benzene rings is 2. The number of ether oxygens (including phenoxy) is 2. The number of amides is 1. The van der Waals surface area contributed by atoms with Crippen LogP contribution in [0.3, 0.4) is 0 Å². The van der Waals surface area contributed by atoms with Crippen LogP contribution in [0.15, 0.2) is 48.5 Å². The molecule has 0 aliphatic carbocycles. The fourth-order valence-electron chi connectivity index (χ4n) is 2.71. The zero-order chi connectivity index (χ0) is 21.6. The highest BCUT2D eigenvalue weighted by atomic mass is 35.5. The molecular formula is C22H24ClNO5. The van der Waals surface area contributed by atoms with Crippen LogP contribution in [0.25, 0.3) is 0 Å². The molecule has 0 radical (unpaired) electrons. The lowest BCUT2D eigenvalue weighted by molar-refractivity contribution is -0.153. The first-order valence-corrected chi connectivity index (χ1v) is 9.52. The van der Waals surface area contributed by atoms with Crippen molar-refractivity contribution in [3.8, 4) is 5.75 Å². The highest BCUT2D eigenvalue weighted by molar-refractivity contribution is 6.30. The number of nitrogens with zero attached hydrogens (tertiary/aromatic N) is 1. The molecule has 0 atom stereocenters. The molecule has 0 aliphatic rings. The summed E-state index contributed by atoms with van der Waals surface area (Å²) in [5, 5.41) is 0.560. The van der Waals surface area contributed by atoms with E-state index in [2.05, 4.69) is 0 Å². The van der Waals surface area contributed by atoms with Crippen molar-refractivity contribution in [1.82, 2.24) is 4.90 Å². The van der Waals surface area contributed by atoms with Gasteiger partial charge in [-0.15, -0.1) is 0 Å². The lowest BCUT2D eigenvalue weighted by Crippen LogP contribution is -2.48. The summed E-state index contributed by atoms with van der Waals surface area (Å²) in [6.45, 7) is 5.03. The van der Waals surface area contributed by atoms with Gasteiger partial charge in [-0.2, -0.15) is 0 Å². The van der Waals surface area contributed by atoms with Crippen molar-refractivity contribution in [3.63, 3.8) is 0 Å². The van der Waals surface area contributed by atoms with Gasteiger partial charge >= 0.3 is 5.97 Å². The fourth-order valence-corrected chi connectivity index (χ4v) is 2.84. The van der Waals surface area contributed by atoms with E-state index in [0.717, 1.165) is 0 Å². The Hall–Kier alpha value is -2.86. The maximum Gasteiger partial charge on any atom is 0.325 e. The molecule has 0 bridgehead atoms. The average Bonchev–Trinajstić information content (AvgIpc) is 2.68. The van der Waals surface area contributed by atoms with Gasteiger partial charge in [0.2, 0.25) is 0 Å². The molecule has 0 heterocycles. The van der Waals surface area contributed by atoms with E-state index in [-0.39, 0.29) is 24.8 Å². The van der Waals surface area contributed by atoms with Crippen LogP contribution in [0.5, 0.6) is 5.75 Å². The second-order valence-electron chi connectivity index (χ2n) is 6.94. The number of ketones is 1. The number of carbonyl (C=O) groups excluding carboxylic acids is 3. The van der Waals surface area contributed by atoms with Crippen molar-refractivity contribution in [2.24, 2.45) is 0 Å². The molecule has 29 heavy (non-hydrogen) atoms. The van der Waals surface area contributed by atoms with Crippen LogP contribution in [-0.4, -0.2) is 48.4 Å². The summed E-state index contributed by atoms with van der Waals surface area (Å²) in [4.78, 5) is 38.0. The standard InChI is InChI=1S/C22H24ClNO5/c1-5-28-19(25)14-24(4)21(27)22(2,3)29-18-12-8-16(9-13-18)20(26)15-6-10-17(23)11-7-15/h6-13H,5,14H2,1-4H3. The third-order valence-corrected chi connectivity index (χ3v) is 4.38. The summed E-state index contributed by atoms with van der Waals surface area (Å²) in [5.41, 5.74) is -0.189. The molecule has 7 heteroatoms. The molecule has 0 unspecified atom stereocenters. The number of likely N-dealkylation sites (N-methyl/N-ethyl adjacent to an activating group) is 1. The normalized spacial score (nSPS) is 10.9. The second kappa shape index (κ2) is 9.56. The lowest BCUT2D eigenvalue weighted by atomic mass is 10.0. The number of hydrogen-bond acceptors (Lipinski definition) is 5. The molecule has 0 spiro atoms. The molecule has 0 N–H and O–H groups in total. The maximum atomic E-state index is 12.6. The van der Waals surface area contributed by atoms with E-state index < -0.39 is 11.6 Å². The summed E-state index contributed by atoms with van der Waals surface area (Å²) in [6, 6.07) is 13.2. The van der Waals surface area contributed by atoms with Gasteiger partial charge in [0.25, 0.3) is 5.91 Å². The van der Waals surface area contributed by atoms with Crippen molar-refractivity contribution >= 4 is 29.3 Å². The number of halogens is 1. The molecule has 0 aromatic heterocycles. The summed E-state index contributed by atoms with van der Waals surface area (Å²) in [7, 11) is 1.51. The molecule has 2 aromatic rings. The molecule has 0 saturated heterocycles. The van der Waals surface area contributed by atoms with E-state index in [0.29, 0.717) is 21.9 Å². The molecule has 0 saturated carbocycles. The molecule has 6 nitrogen and oxygen atoms in total. The first-order valence-electron chi connectivity index (χ1n) is 9.14. The maximum absolute atomic E-state index is 12.6. The Morgan fingerprint density at radius 3 is 2.00 bits per heavy atom. The highest BCUT2D eigenvalue weighted by Crippen LogP contribution is 2.22. The van der Waals surface area contributed by atoms with E-state index in [9.17, 15) is 14.4 Å². The zero-order valence-electron chi connectivity index (χ0n) is 16.9. The topological polar surface area (TPSA) is 72.9 Å². The van der Waals surface area contributed by atoms with Crippen LogP contribution in [0.2, 0.25) is 5.02 Å². The van der Waals surface area contributed by atoms with Gasteiger partial charge in [-0.05, 0) is 69.3 Å². The second-order valence-corrected chi connectivity index (χ2v) is 7.38. The van der Waals surface area contributed by atoms with E-state index in [4.69, 9.17) is 21.1 Å². The Bertz CT molecular complexity index is 875. The number of esters is 1. The van der Waals surface area contributed by atoms with Gasteiger partial charge in [0.15, 0.2) is 11.4 Å². The third kappa shape index (κ3) is 6.06. The Labute approximate surface area is 175 Å². The highest BCUT2D eigenvalue weighted by Gasteiger charge is 2.33. The van der Waals surface area contributed by atoms with Crippen LogP contribution < -0.4 is 4.74 Å². The quantitative estimate of drug-likeness (QED) is 0.483. The minimum atomic E-state index is -1.21. The van der Waals surface area contributed by atoms with Crippen LogP contribution in [-0.2, 0) is 14.3 Å². The van der Waals surface area contributed by atoms with Gasteiger partial charge in [0.1, 0.15) is 12.3 Å². The van der Waals surface area contributed by atoms with Gasteiger partial charge in [-0.25, -0.2) is 0 Å². The molecule has 2 rings (SSSR count). The fraction of sp³-hybridized carbons (Fsp3) is 0.318. The third-order valence-electron chi connectivity index (χ3n) is 4.13. The van der Waals surface area contributed by atoms with Crippen molar-refractivity contribution in [2.75, 3.05) is 20.2 Å². The monoisotopic (exact) mass is 417 g/mol. The van der Waals surface area contributed by atoms with Gasteiger partial charge in [0, 0.05) is 23.2 Å². The first kappa shape index (κ1) is 22.4. The molecule has 154 valence electrons. The number of hydrogen-bond donors (Lipinski definition) is 0. The predicted octanol–water partition coefficient (Wildman–Crippen LogP) is 3.75. The van der Waals surface area contributed by atoms with Crippen molar-refractivity contribution in [3.05, 3.63) is 64.7 Å². The summed E-state index contributed by atoms with van der Waals surface area (Å²) in [6.07, 6.45) is 0. The van der Waals surface area contributed by atoms with E-state index in [1.165, 1.54) is 11.9 Å². The predicted molar refractivity (Wildman–Crippen MR) is 110 cm³/mol. The minimum absolute atomic E-state index is 0.141. The Kier molecular flexibility index (Phi) is 7.40. The molecule has 2 aromatic carbocycles. The summed E-state index contributed by atoms with van der Waals surface area (Å²) >= 11 is 5.85. The van der Waals surface area contributed by atoms with Crippen molar-refractivity contribution < 1.29 is 23.9 Å². The lowest BCUT2D eigenvalue weighted by Gasteiger charge is -2.29. The van der Waals surface area contributed by atoms with Crippen molar-refractivity contribution in [1.29, 1.82) is 0 Å². The van der Waals surface area contributed by atoms with Gasteiger partial charge in [-0.1, -0.05) is 11.6 Å². The van der Waals surface area contributed by atoms with E-state index >= 15 is 0 Å². The molecule has 1 amide bonds. The Morgan fingerprint density at radius 2 is 1.48 bits per heavy atom. The number of rotatable bonds is 8. The Balaban J connectivity index is 2.05. The molecular weight excluding hydrogens is 394 g/mol. The van der Waals surface area contributed by atoms with Gasteiger partial charge in [0.05, 0.1) is 6.61 Å². The van der Waals surface area contributed by atoms with Crippen molar-refractivity contribution in [2.45, 2.75) is 26.4 Å². The average molecular weight is 418 g/mol. The SMILES string of the molecule is CCOC(=O)CN(C)C(=O)C(C)(C)Oc1ccc(C(=O)c2ccc(Cl)cc2)cc1. The first-order chi connectivity index (χ1) is 13.6. The largest absolute Gasteiger partial charge is 0.478 e. The van der Waals surface area contributed by atoms with E-state index in [1.54, 1.807) is 69.3 Å². The smallest absolute Gasteiger partial charge is 0.325 e. The molecule has 0 fully saturated rings.